The van der Waals surface area contributed by atoms with E-state index >= 15 is 0 Å². The highest BCUT2D eigenvalue weighted by molar-refractivity contribution is 8.08. The summed E-state index contributed by atoms with van der Waals surface area (Å²) in [5.74, 6) is 0.828. The minimum atomic E-state index is -0.412. The number of nitro groups is 1. The Labute approximate surface area is 87.0 Å². The number of thioether (sulfide) groups is 1. The molecule has 0 bridgehead atoms. The van der Waals surface area contributed by atoms with Crippen LogP contribution < -0.4 is 0 Å². The Morgan fingerprint density at radius 1 is 1.50 bits per heavy atom. The third-order valence-corrected chi connectivity index (χ3v) is 2.52. The van der Waals surface area contributed by atoms with Crippen molar-refractivity contribution in [1.29, 1.82) is 0 Å². The van der Waals surface area contributed by atoms with Gasteiger partial charge in [-0.1, -0.05) is 37.3 Å². The molecule has 0 aliphatic carbocycles. The minimum Gasteiger partial charge on any atom is -0.259 e. The molecule has 0 aliphatic rings. The Balaban J connectivity index is 2.94. The van der Waals surface area contributed by atoms with E-state index in [1.165, 1.54) is 11.8 Å². The Bertz CT molecular complexity index is 335. The van der Waals surface area contributed by atoms with Gasteiger partial charge in [-0.2, -0.15) is 0 Å². The average molecular weight is 209 g/mol. The summed E-state index contributed by atoms with van der Waals surface area (Å²) < 4.78 is 0. The first-order chi connectivity index (χ1) is 6.74. The summed E-state index contributed by atoms with van der Waals surface area (Å²) in [6, 6.07) is 9.39. The number of hydrogen-bond donors (Lipinski definition) is 0. The zero-order chi connectivity index (χ0) is 10.4. The molecular weight excluding hydrogens is 198 g/mol. The van der Waals surface area contributed by atoms with Gasteiger partial charge in [0.1, 0.15) is 0 Å². The molecule has 0 atom stereocenters. The molecule has 1 rings (SSSR count). The monoisotopic (exact) mass is 209 g/mol. The highest BCUT2D eigenvalue weighted by Crippen LogP contribution is 2.26. The largest absolute Gasteiger partial charge is 0.259 e. The van der Waals surface area contributed by atoms with E-state index in [1.54, 1.807) is 0 Å². The molecular formula is C10H11NO2S. The Morgan fingerprint density at radius 2 is 2.14 bits per heavy atom. The van der Waals surface area contributed by atoms with Crippen LogP contribution >= 0.6 is 11.8 Å². The van der Waals surface area contributed by atoms with Crippen LogP contribution in [0.4, 0.5) is 0 Å². The van der Waals surface area contributed by atoms with Crippen LogP contribution in [0.5, 0.6) is 0 Å². The lowest BCUT2D eigenvalue weighted by Crippen LogP contribution is -1.88. The van der Waals surface area contributed by atoms with Gasteiger partial charge in [0.25, 0.3) is 0 Å². The van der Waals surface area contributed by atoms with Crippen LogP contribution in [0.3, 0.4) is 0 Å². The van der Waals surface area contributed by atoms with E-state index in [-0.39, 0.29) is 0 Å². The summed E-state index contributed by atoms with van der Waals surface area (Å²) in [6.45, 7) is 1.97. The predicted molar refractivity (Wildman–Crippen MR) is 59.5 cm³/mol. The summed E-state index contributed by atoms with van der Waals surface area (Å²) >= 11 is 1.48. The lowest BCUT2D eigenvalue weighted by molar-refractivity contribution is -0.401. The fourth-order valence-corrected chi connectivity index (χ4v) is 1.82. The van der Waals surface area contributed by atoms with Crippen LogP contribution in [0.15, 0.2) is 36.5 Å². The van der Waals surface area contributed by atoms with Crippen molar-refractivity contribution in [2.75, 3.05) is 5.75 Å². The molecule has 0 aromatic heterocycles. The van der Waals surface area contributed by atoms with E-state index in [4.69, 9.17) is 0 Å². The zero-order valence-corrected chi connectivity index (χ0v) is 8.66. The third-order valence-electron chi connectivity index (χ3n) is 1.58. The normalized spacial score (nSPS) is 11.4. The van der Waals surface area contributed by atoms with Crippen LogP contribution in [-0.2, 0) is 0 Å². The molecule has 3 nitrogen and oxygen atoms in total. The molecule has 4 heteroatoms. The van der Waals surface area contributed by atoms with E-state index in [2.05, 4.69) is 0 Å². The number of hydrogen-bond acceptors (Lipinski definition) is 3. The van der Waals surface area contributed by atoms with Gasteiger partial charge in [-0.15, -0.1) is 11.8 Å². The maximum atomic E-state index is 10.4. The molecule has 74 valence electrons. The van der Waals surface area contributed by atoms with Gasteiger partial charge in [-0.3, -0.25) is 10.1 Å². The summed E-state index contributed by atoms with van der Waals surface area (Å²) in [6.07, 6.45) is 1.06. The SMILES string of the molecule is CCS/C(=C/[N+](=O)[O-])c1ccccc1. The van der Waals surface area contributed by atoms with E-state index in [0.717, 1.165) is 17.5 Å². The van der Waals surface area contributed by atoms with Crippen molar-refractivity contribution in [3.8, 4) is 0 Å². The molecule has 0 amide bonds. The van der Waals surface area contributed by atoms with Gasteiger partial charge in [0.15, 0.2) is 0 Å². The molecule has 0 radical (unpaired) electrons. The van der Waals surface area contributed by atoms with Crippen molar-refractivity contribution in [2.45, 2.75) is 6.92 Å². The first-order valence-electron chi connectivity index (χ1n) is 4.27. The van der Waals surface area contributed by atoms with Gasteiger partial charge in [0.2, 0.25) is 6.20 Å². The minimum absolute atomic E-state index is 0.412. The quantitative estimate of drug-likeness (QED) is 0.565. The lowest BCUT2D eigenvalue weighted by Gasteiger charge is -2.01. The molecule has 0 N–H and O–H groups in total. The summed E-state index contributed by atoms with van der Waals surface area (Å²) in [4.78, 5) is 10.7. The molecule has 0 aliphatic heterocycles. The van der Waals surface area contributed by atoms with E-state index in [9.17, 15) is 10.1 Å². The summed E-state index contributed by atoms with van der Waals surface area (Å²) in [7, 11) is 0. The number of rotatable bonds is 4. The van der Waals surface area contributed by atoms with E-state index in [1.807, 2.05) is 37.3 Å². The number of nitrogens with zero attached hydrogens (tertiary/aromatic N) is 1. The van der Waals surface area contributed by atoms with Crippen LogP contribution in [0.25, 0.3) is 4.91 Å². The van der Waals surface area contributed by atoms with Gasteiger partial charge in [0, 0.05) is 0 Å². The van der Waals surface area contributed by atoms with Crippen molar-refractivity contribution in [2.24, 2.45) is 0 Å². The van der Waals surface area contributed by atoms with Crippen molar-refractivity contribution in [3.63, 3.8) is 0 Å². The molecule has 1 aromatic carbocycles. The molecule has 14 heavy (non-hydrogen) atoms. The van der Waals surface area contributed by atoms with Crippen LogP contribution in [-0.4, -0.2) is 10.7 Å². The van der Waals surface area contributed by atoms with Crippen molar-refractivity contribution >= 4 is 16.7 Å². The molecule has 0 fully saturated rings. The highest BCUT2D eigenvalue weighted by Gasteiger charge is 2.05. The second-order valence-corrected chi connectivity index (χ2v) is 3.88. The second-order valence-electron chi connectivity index (χ2n) is 2.58. The molecule has 0 heterocycles. The maximum absolute atomic E-state index is 10.4. The standard InChI is InChI=1S/C10H11NO2S/c1-2-14-10(8-11(12)13)9-6-4-3-5-7-9/h3-8H,2H2,1H3/b10-8+. The fraction of sp³-hybridized carbons (Fsp3) is 0.200. The topological polar surface area (TPSA) is 43.1 Å². The summed E-state index contributed by atoms with van der Waals surface area (Å²) in [5.41, 5.74) is 0.899. The lowest BCUT2D eigenvalue weighted by atomic mass is 10.2. The van der Waals surface area contributed by atoms with Gasteiger partial charge in [-0.25, -0.2) is 0 Å². The maximum Gasteiger partial charge on any atom is 0.248 e. The van der Waals surface area contributed by atoms with E-state index < -0.39 is 4.92 Å². The van der Waals surface area contributed by atoms with E-state index in [0.29, 0.717) is 4.91 Å². The van der Waals surface area contributed by atoms with Crippen LogP contribution in [0.1, 0.15) is 12.5 Å². The van der Waals surface area contributed by atoms with Crippen molar-refractivity contribution < 1.29 is 4.92 Å². The fourth-order valence-electron chi connectivity index (χ4n) is 1.05. The van der Waals surface area contributed by atoms with Crippen LogP contribution in [0.2, 0.25) is 0 Å². The molecule has 0 saturated carbocycles. The first-order valence-corrected chi connectivity index (χ1v) is 5.26. The first kappa shape index (κ1) is 10.8. The highest BCUT2D eigenvalue weighted by atomic mass is 32.2. The van der Waals surface area contributed by atoms with Gasteiger partial charge in [0.05, 0.1) is 9.83 Å². The molecule has 0 saturated heterocycles. The van der Waals surface area contributed by atoms with Crippen LogP contribution in [0, 0.1) is 10.1 Å². The Morgan fingerprint density at radius 3 is 2.64 bits per heavy atom. The third kappa shape index (κ3) is 3.22. The average Bonchev–Trinajstić information content (AvgIpc) is 2.18. The second kappa shape index (κ2) is 5.44. The Hall–Kier alpha value is -1.29. The molecule has 0 unspecified atom stereocenters. The van der Waals surface area contributed by atoms with Gasteiger partial charge >= 0.3 is 0 Å². The van der Waals surface area contributed by atoms with Crippen molar-refractivity contribution in [1.82, 2.24) is 0 Å². The Kier molecular flexibility index (Phi) is 4.19. The molecule has 1 aromatic rings. The smallest absolute Gasteiger partial charge is 0.248 e. The number of benzene rings is 1. The van der Waals surface area contributed by atoms with Gasteiger partial charge in [-0.05, 0) is 11.3 Å². The van der Waals surface area contributed by atoms with Gasteiger partial charge < -0.3 is 0 Å². The molecule has 0 spiro atoms. The van der Waals surface area contributed by atoms with Crippen molar-refractivity contribution in [3.05, 3.63) is 52.2 Å². The summed E-state index contributed by atoms with van der Waals surface area (Å²) in [5, 5.41) is 10.4. The zero-order valence-electron chi connectivity index (χ0n) is 7.84. The predicted octanol–water partition coefficient (Wildman–Crippen LogP) is 3.01.